The molecule has 8 nitrogen and oxygen atoms in total. The van der Waals surface area contributed by atoms with Crippen LogP contribution in [0.1, 0.15) is 13.8 Å². The molecular weight excluding hydrogens is 342 g/mol. The first-order chi connectivity index (χ1) is 12.0. The van der Waals surface area contributed by atoms with E-state index in [1.165, 1.54) is 16.7 Å². The lowest BCUT2D eigenvalue weighted by Gasteiger charge is -2.49. The van der Waals surface area contributed by atoms with Crippen molar-refractivity contribution in [1.29, 1.82) is 0 Å². The van der Waals surface area contributed by atoms with Gasteiger partial charge in [0.15, 0.2) is 18.6 Å². The number of hydrogen-bond donors (Lipinski definition) is 1. The maximum atomic E-state index is 12.0. The number of hydrogen-bond acceptors (Lipinski definition) is 7. The van der Waals surface area contributed by atoms with Crippen molar-refractivity contribution >= 4 is 29.5 Å². The van der Waals surface area contributed by atoms with Gasteiger partial charge in [0, 0.05) is 24.4 Å². The van der Waals surface area contributed by atoms with E-state index < -0.39 is 12.0 Å². The number of carbonyl (C=O) groups is 2. The number of anilines is 1. The molecule has 2 atom stereocenters. The van der Waals surface area contributed by atoms with E-state index in [-0.39, 0.29) is 17.0 Å². The summed E-state index contributed by atoms with van der Waals surface area (Å²) in [5.74, 6) is -0.371. The minimum absolute atomic E-state index is 0.0378. The van der Waals surface area contributed by atoms with E-state index in [0.29, 0.717) is 17.9 Å². The molecule has 25 heavy (non-hydrogen) atoms. The van der Waals surface area contributed by atoms with Crippen molar-refractivity contribution in [3.63, 3.8) is 0 Å². The molecule has 2 aliphatic heterocycles. The molecule has 0 saturated carbocycles. The lowest BCUT2D eigenvalue weighted by molar-refractivity contribution is -0.688. The monoisotopic (exact) mass is 363 g/mol. The van der Waals surface area contributed by atoms with Crippen molar-refractivity contribution in [3.8, 4) is 0 Å². The van der Waals surface area contributed by atoms with Crippen LogP contribution in [-0.2, 0) is 16.1 Å². The molecule has 9 heteroatoms. The van der Waals surface area contributed by atoms with Gasteiger partial charge in [0.05, 0.1) is 17.9 Å². The van der Waals surface area contributed by atoms with Crippen molar-refractivity contribution in [2.24, 2.45) is 5.73 Å². The highest BCUT2D eigenvalue weighted by atomic mass is 32.2. The highest BCUT2D eigenvalue weighted by molar-refractivity contribution is 8.00. The first-order valence-corrected chi connectivity index (χ1v) is 9.26. The Morgan fingerprint density at radius 3 is 2.88 bits per heavy atom. The summed E-state index contributed by atoms with van der Waals surface area (Å²) in [6, 6.07) is -0.635. The molecule has 1 aromatic heterocycles. The molecule has 0 spiro atoms. The smallest absolute Gasteiger partial charge is 0.248 e. The zero-order valence-corrected chi connectivity index (χ0v) is 15.0. The van der Waals surface area contributed by atoms with Crippen LogP contribution < -0.4 is 20.3 Å². The predicted molar refractivity (Wildman–Crippen MR) is 91.1 cm³/mol. The fourth-order valence-corrected chi connectivity index (χ4v) is 4.42. The molecule has 0 aromatic carbocycles. The van der Waals surface area contributed by atoms with E-state index in [0.717, 1.165) is 18.9 Å². The molecule has 1 amide bonds. The third-order valence-electron chi connectivity index (χ3n) is 4.49. The van der Waals surface area contributed by atoms with Crippen LogP contribution in [0.15, 0.2) is 29.9 Å². The number of nitrogens with two attached hydrogens (primary N) is 1. The zero-order valence-electron chi connectivity index (χ0n) is 14.2. The third-order valence-corrected chi connectivity index (χ3v) is 5.85. The van der Waals surface area contributed by atoms with E-state index >= 15 is 0 Å². The lowest BCUT2D eigenvalue weighted by atomic mass is 10.0. The molecule has 1 aromatic rings. The van der Waals surface area contributed by atoms with E-state index in [1.54, 1.807) is 12.4 Å². The Kier molecular flexibility index (Phi) is 4.96. The Morgan fingerprint density at radius 1 is 1.52 bits per heavy atom. The number of rotatable bonds is 6. The van der Waals surface area contributed by atoms with Crippen LogP contribution in [0.25, 0.3) is 0 Å². The van der Waals surface area contributed by atoms with E-state index in [1.807, 2.05) is 10.8 Å². The summed E-state index contributed by atoms with van der Waals surface area (Å²) >= 11 is 1.48. The molecule has 0 aliphatic carbocycles. The molecule has 1 fully saturated rings. The molecule has 0 bridgehead atoms. The van der Waals surface area contributed by atoms with Crippen LogP contribution in [0.5, 0.6) is 0 Å². The minimum atomic E-state index is -1.33. The summed E-state index contributed by atoms with van der Waals surface area (Å²) in [6.45, 7) is 6.13. The number of carboxylic acids is 1. The maximum Gasteiger partial charge on any atom is 0.248 e. The maximum absolute atomic E-state index is 12.0. The topological polar surface area (TPSA) is 106 Å². The number of β-lactam (4-membered cyclic amide) rings is 1. The standard InChI is InChI=1S/C16H21N5O3S/c1-3-20(4-2)11-8-19(6-5-18-11)7-10-9-25-15-12(17)14(22)21(15)13(10)16(23)24/h5-6,8,12,15H,3-4,7,9,17H2,1-2H3/t12?,15-/m0/s1. The highest BCUT2D eigenvalue weighted by Crippen LogP contribution is 2.39. The molecule has 0 radical (unpaired) electrons. The molecule has 1 unspecified atom stereocenters. The number of carboxylic acid groups (broad SMARTS) is 1. The summed E-state index contributed by atoms with van der Waals surface area (Å²) in [5.41, 5.74) is 6.36. The fraction of sp³-hybridized carbons (Fsp3) is 0.500. The molecule has 2 N–H and O–H groups in total. The van der Waals surface area contributed by atoms with Gasteiger partial charge in [0.2, 0.25) is 12.1 Å². The quantitative estimate of drug-likeness (QED) is 0.482. The normalized spacial score (nSPS) is 22.5. The van der Waals surface area contributed by atoms with Gasteiger partial charge < -0.3 is 20.5 Å². The average Bonchev–Trinajstić information content (AvgIpc) is 2.62. The van der Waals surface area contributed by atoms with Gasteiger partial charge in [0.1, 0.15) is 11.4 Å². The van der Waals surface area contributed by atoms with Crippen LogP contribution in [0.4, 0.5) is 5.82 Å². The summed E-state index contributed by atoms with van der Waals surface area (Å²) < 4.78 is 1.88. The molecule has 3 rings (SSSR count). The molecule has 2 aliphatic rings. The summed E-state index contributed by atoms with van der Waals surface area (Å²) in [6.07, 6.45) is 5.36. The number of carbonyl (C=O) groups excluding carboxylic acids is 2. The largest absolute Gasteiger partial charge is 0.543 e. The number of fused-ring (bicyclic) bond motifs is 1. The highest BCUT2D eigenvalue weighted by Gasteiger charge is 2.50. The van der Waals surface area contributed by atoms with Crippen molar-refractivity contribution in [2.75, 3.05) is 23.7 Å². The number of nitrogens with zero attached hydrogens (tertiary/aromatic N) is 4. The Bertz CT molecular complexity index is 734. The first-order valence-electron chi connectivity index (χ1n) is 8.21. The average molecular weight is 363 g/mol. The fourth-order valence-electron chi connectivity index (χ4n) is 3.14. The number of aromatic nitrogens is 2. The Balaban J connectivity index is 1.90. The van der Waals surface area contributed by atoms with Gasteiger partial charge in [-0.2, -0.15) is 4.57 Å². The Morgan fingerprint density at radius 2 is 2.24 bits per heavy atom. The third kappa shape index (κ3) is 3.09. The van der Waals surface area contributed by atoms with Gasteiger partial charge in [-0.15, -0.1) is 11.8 Å². The second-order valence-corrected chi connectivity index (χ2v) is 7.04. The van der Waals surface area contributed by atoms with E-state index in [2.05, 4.69) is 23.7 Å². The van der Waals surface area contributed by atoms with Crippen LogP contribution in [0.2, 0.25) is 0 Å². The molecule has 134 valence electrons. The van der Waals surface area contributed by atoms with E-state index in [4.69, 9.17) is 5.73 Å². The first kappa shape index (κ1) is 17.7. The van der Waals surface area contributed by atoms with Gasteiger partial charge in [-0.05, 0) is 13.8 Å². The van der Waals surface area contributed by atoms with Crippen LogP contribution in [0.3, 0.4) is 0 Å². The van der Waals surface area contributed by atoms with Crippen LogP contribution in [0, 0.1) is 0 Å². The second kappa shape index (κ2) is 7.01. The number of thioether (sulfide) groups is 1. The van der Waals surface area contributed by atoms with Crippen molar-refractivity contribution in [2.45, 2.75) is 31.8 Å². The summed E-state index contributed by atoms with van der Waals surface area (Å²) in [5, 5.41) is 11.3. The Labute approximate surface area is 150 Å². The summed E-state index contributed by atoms with van der Waals surface area (Å²) in [7, 11) is 0. The van der Waals surface area contributed by atoms with Gasteiger partial charge in [-0.1, -0.05) is 0 Å². The van der Waals surface area contributed by atoms with Crippen LogP contribution in [-0.4, -0.2) is 52.0 Å². The second-order valence-electron chi connectivity index (χ2n) is 5.93. The van der Waals surface area contributed by atoms with Crippen molar-refractivity contribution < 1.29 is 19.3 Å². The zero-order chi connectivity index (χ0) is 18.1. The van der Waals surface area contributed by atoms with Crippen molar-refractivity contribution in [3.05, 3.63) is 29.9 Å². The molecule has 1 saturated heterocycles. The van der Waals surface area contributed by atoms with Crippen molar-refractivity contribution in [1.82, 2.24) is 9.88 Å². The lowest BCUT2D eigenvalue weighted by Crippen LogP contribution is -2.69. The van der Waals surface area contributed by atoms with Gasteiger partial charge >= 0.3 is 0 Å². The predicted octanol–water partition coefficient (Wildman–Crippen LogP) is -1.54. The number of amides is 1. The van der Waals surface area contributed by atoms with Gasteiger partial charge in [0.25, 0.3) is 0 Å². The molecule has 3 heterocycles. The molecular formula is C16H21N5O3S. The Hall–Kier alpha value is -2.13. The summed E-state index contributed by atoms with van der Waals surface area (Å²) in [4.78, 5) is 31.3. The van der Waals surface area contributed by atoms with Gasteiger partial charge in [-0.25, -0.2) is 4.98 Å². The SMILES string of the molecule is CCN(CC)c1c[n+](CC2=C(C(=O)[O-])N3C(=O)C(N)[C@@H]3SC2)ccn1. The minimum Gasteiger partial charge on any atom is -0.543 e. The van der Waals surface area contributed by atoms with Gasteiger partial charge in [-0.3, -0.25) is 9.69 Å². The van der Waals surface area contributed by atoms with E-state index in [9.17, 15) is 14.7 Å². The van der Waals surface area contributed by atoms with Crippen LogP contribution >= 0.6 is 11.8 Å². The number of aliphatic carboxylic acids is 1.